The van der Waals surface area contributed by atoms with E-state index in [1.54, 1.807) is 0 Å². The number of hydrogen-bond acceptors (Lipinski definition) is 3. The highest BCUT2D eigenvalue weighted by Gasteiger charge is 2.21. The highest BCUT2D eigenvalue weighted by atomic mass is 16.5. The lowest BCUT2D eigenvalue weighted by molar-refractivity contribution is -0.190. The second kappa shape index (κ2) is 1.18. The van der Waals surface area contributed by atoms with Gasteiger partial charge >= 0.3 is 0 Å². The molecule has 6 heavy (non-hydrogen) atoms. The summed E-state index contributed by atoms with van der Waals surface area (Å²) >= 11 is 0. The SMILES string of the molecule is OC1CN(O)C1. The van der Waals surface area contributed by atoms with Crippen LogP contribution in [0, 0.1) is 0 Å². The molecule has 3 nitrogen and oxygen atoms in total. The van der Waals surface area contributed by atoms with Crippen LogP contribution in [0.2, 0.25) is 0 Å². The second-order valence-corrected chi connectivity index (χ2v) is 1.53. The number of rotatable bonds is 0. The van der Waals surface area contributed by atoms with Gasteiger partial charge in [-0.1, -0.05) is 0 Å². The topological polar surface area (TPSA) is 43.7 Å². The first kappa shape index (κ1) is 4.05. The van der Waals surface area contributed by atoms with E-state index in [1.165, 1.54) is 0 Å². The Labute approximate surface area is 35.8 Å². The summed E-state index contributed by atoms with van der Waals surface area (Å²) in [5, 5.41) is 17.8. The van der Waals surface area contributed by atoms with E-state index in [1.807, 2.05) is 0 Å². The van der Waals surface area contributed by atoms with Gasteiger partial charge in [-0.3, -0.25) is 0 Å². The van der Waals surface area contributed by atoms with Gasteiger partial charge in [0.25, 0.3) is 0 Å². The molecule has 0 aromatic carbocycles. The fourth-order valence-corrected chi connectivity index (χ4v) is 0.433. The van der Waals surface area contributed by atoms with Gasteiger partial charge in [0.1, 0.15) is 0 Å². The number of aliphatic hydroxyl groups excluding tert-OH is 1. The van der Waals surface area contributed by atoms with E-state index in [0.29, 0.717) is 13.1 Å². The Morgan fingerprint density at radius 1 is 1.50 bits per heavy atom. The van der Waals surface area contributed by atoms with Crippen molar-refractivity contribution in [1.29, 1.82) is 0 Å². The quantitative estimate of drug-likeness (QED) is 0.402. The fraction of sp³-hybridized carbons (Fsp3) is 1.00. The standard InChI is InChI=1S/C3H7NO2/c5-3-1-4(6)2-3/h3,5-6H,1-2H2. The molecule has 0 saturated carbocycles. The van der Waals surface area contributed by atoms with Crippen molar-refractivity contribution in [3.8, 4) is 0 Å². The first-order valence-electron chi connectivity index (χ1n) is 1.91. The summed E-state index contributed by atoms with van der Waals surface area (Å²) in [6.45, 7) is 0.833. The van der Waals surface area contributed by atoms with Crippen LogP contribution in [0.1, 0.15) is 0 Å². The molecule has 1 fully saturated rings. The molecule has 0 aromatic rings. The van der Waals surface area contributed by atoms with Gasteiger partial charge in [-0.2, -0.15) is 5.06 Å². The number of hydroxylamine groups is 2. The van der Waals surface area contributed by atoms with E-state index in [4.69, 9.17) is 10.3 Å². The van der Waals surface area contributed by atoms with Crippen molar-refractivity contribution in [1.82, 2.24) is 5.06 Å². The Morgan fingerprint density at radius 3 is 2.00 bits per heavy atom. The average Bonchev–Trinajstić information content (AvgIpc) is 1.33. The van der Waals surface area contributed by atoms with Gasteiger partial charge in [-0.05, 0) is 0 Å². The molecule has 0 spiro atoms. The number of aliphatic hydroxyl groups is 1. The van der Waals surface area contributed by atoms with Crippen molar-refractivity contribution in [3.63, 3.8) is 0 Å². The smallest absolute Gasteiger partial charge is 0.0840 e. The second-order valence-electron chi connectivity index (χ2n) is 1.53. The first-order valence-corrected chi connectivity index (χ1v) is 1.91. The maximum absolute atomic E-state index is 8.42. The van der Waals surface area contributed by atoms with Crippen molar-refractivity contribution in [2.75, 3.05) is 13.1 Å². The molecule has 3 heteroatoms. The molecule has 0 aromatic heterocycles. The summed E-state index contributed by atoms with van der Waals surface area (Å²) < 4.78 is 0. The molecule has 1 saturated heterocycles. The summed E-state index contributed by atoms with van der Waals surface area (Å²) in [5.41, 5.74) is 0. The monoisotopic (exact) mass is 89.0 g/mol. The van der Waals surface area contributed by atoms with Crippen molar-refractivity contribution in [2.45, 2.75) is 6.10 Å². The normalized spacial score (nSPS) is 27.0. The van der Waals surface area contributed by atoms with E-state index < -0.39 is 0 Å². The van der Waals surface area contributed by atoms with Crippen molar-refractivity contribution in [3.05, 3.63) is 0 Å². The summed E-state index contributed by atoms with van der Waals surface area (Å²) in [5.74, 6) is 0. The van der Waals surface area contributed by atoms with Crippen molar-refractivity contribution in [2.24, 2.45) is 0 Å². The van der Waals surface area contributed by atoms with E-state index in [2.05, 4.69) is 0 Å². The third-order valence-electron chi connectivity index (χ3n) is 0.843. The first-order chi connectivity index (χ1) is 2.79. The van der Waals surface area contributed by atoms with Crippen LogP contribution in [0.5, 0.6) is 0 Å². The van der Waals surface area contributed by atoms with Crippen LogP contribution in [0.25, 0.3) is 0 Å². The highest BCUT2D eigenvalue weighted by Crippen LogP contribution is 2.00. The van der Waals surface area contributed by atoms with E-state index in [0.717, 1.165) is 5.06 Å². The molecule has 1 heterocycles. The lowest BCUT2D eigenvalue weighted by atomic mass is 10.2. The van der Waals surface area contributed by atoms with Crippen LogP contribution in [0.15, 0.2) is 0 Å². The minimum atomic E-state index is -0.282. The Balaban J connectivity index is 2.11. The largest absolute Gasteiger partial charge is 0.390 e. The van der Waals surface area contributed by atoms with Crippen LogP contribution in [-0.2, 0) is 0 Å². The van der Waals surface area contributed by atoms with Gasteiger partial charge < -0.3 is 10.3 Å². The molecule has 0 radical (unpaired) electrons. The molecule has 0 bridgehead atoms. The third-order valence-corrected chi connectivity index (χ3v) is 0.843. The maximum Gasteiger partial charge on any atom is 0.0840 e. The number of nitrogens with zero attached hydrogens (tertiary/aromatic N) is 1. The molecule has 0 atom stereocenters. The fourth-order valence-electron chi connectivity index (χ4n) is 0.433. The molecular formula is C3H7NO2. The molecule has 0 amide bonds. The number of β-amino-alcohol motifs (C(OH)–C–C–N with tert-alkyl or cyclic N) is 1. The maximum atomic E-state index is 8.42. The summed E-state index contributed by atoms with van der Waals surface area (Å²) in [7, 11) is 0. The van der Waals surface area contributed by atoms with Crippen molar-refractivity contribution >= 4 is 0 Å². The van der Waals surface area contributed by atoms with Crippen molar-refractivity contribution < 1.29 is 10.3 Å². The predicted molar refractivity (Wildman–Crippen MR) is 19.4 cm³/mol. The lowest BCUT2D eigenvalue weighted by Gasteiger charge is -2.29. The minimum Gasteiger partial charge on any atom is -0.390 e. The zero-order valence-corrected chi connectivity index (χ0v) is 3.33. The Bertz CT molecular complexity index is 44.8. The summed E-state index contributed by atoms with van der Waals surface area (Å²) in [6.07, 6.45) is -0.282. The van der Waals surface area contributed by atoms with Gasteiger partial charge in [-0.15, -0.1) is 0 Å². The van der Waals surface area contributed by atoms with Crippen LogP contribution >= 0.6 is 0 Å². The molecular weight excluding hydrogens is 82.0 g/mol. The number of hydrogen-bond donors (Lipinski definition) is 2. The third kappa shape index (κ3) is 0.518. The Morgan fingerprint density at radius 2 is 2.00 bits per heavy atom. The molecule has 36 valence electrons. The van der Waals surface area contributed by atoms with Crippen LogP contribution in [-0.4, -0.2) is 34.6 Å². The Hall–Kier alpha value is -0.120. The van der Waals surface area contributed by atoms with E-state index >= 15 is 0 Å². The minimum absolute atomic E-state index is 0.282. The zero-order valence-electron chi connectivity index (χ0n) is 3.33. The molecule has 2 N–H and O–H groups in total. The van der Waals surface area contributed by atoms with Gasteiger partial charge in [0.05, 0.1) is 19.2 Å². The summed E-state index contributed by atoms with van der Waals surface area (Å²) in [6, 6.07) is 0. The van der Waals surface area contributed by atoms with E-state index in [9.17, 15) is 0 Å². The van der Waals surface area contributed by atoms with Gasteiger partial charge in [0, 0.05) is 0 Å². The van der Waals surface area contributed by atoms with Crippen LogP contribution in [0.4, 0.5) is 0 Å². The molecule has 1 aliphatic rings. The molecule has 1 rings (SSSR count). The van der Waals surface area contributed by atoms with Gasteiger partial charge in [0.15, 0.2) is 0 Å². The lowest BCUT2D eigenvalue weighted by Crippen LogP contribution is -2.48. The molecule has 0 unspecified atom stereocenters. The Kier molecular flexibility index (Phi) is 0.799. The average molecular weight is 89.1 g/mol. The summed E-state index contributed by atoms with van der Waals surface area (Å²) in [4.78, 5) is 0. The van der Waals surface area contributed by atoms with Gasteiger partial charge in [0.2, 0.25) is 0 Å². The van der Waals surface area contributed by atoms with Gasteiger partial charge in [-0.25, -0.2) is 0 Å². The van der Waals surface area contributed by atoms with E-state index in [-0.39, 0.29) is 6.10 Å². The predicted octanol–water partition coefficient (Wildman–Crippen LogP) is -0.948. The van der Waals surface area contributed by atoms with Crippen LogP contribution in [0.3, 0.4) is 0 Å². The zero-order chi connectivity index (χ0) is 4.57. The van der Waals surface area contributed by atoms with Crippen LogP contribution < -0.4 is 0 Å². The molecule has 1 aliphatic heterocycles. The highest BCUT2D eigenvalue weighted by molar-refractivity contribution is 4.70. The molecule has 0 aliphatic carbocycles.